The van der Waals surface area contributed by atoms with Crippen LogP contribution in [0.15, 0.2) is 20.8 Å². The zero-order valence-electron chi connectivity index (χ0n) is 5.62. The van der Waals surface area contributed by atoms with Crippen LogP contribution in [0.4, 0.5) is 0 Å². The second-order valence-corrected chi connectivity index (χ2v) is 4.13. The Hall–Kier alpha value is -0.390. The molecule has 0 spiro atoms. The highest BCUT2D eigenvalue weighted by Gasteiger charge is 2.04. The number of fused-ring (bicyclic) bond motifs is 1. The summed E-state index contributed by atoms with van der Waals surface area (Å²) in [5.41, 5.74) is -0.168. The van der Waals surface area contributed by atoms with Crippen LogP contribution >= 0.6 is 38.9 Å². The van der Waals surface area contributed by atoms with E-state index in [1.54, 1.807) is 5.38 Å². The van der Waals surface area contributed by atoms with E-state index in [2.05, 4.69) is 20.9 Å². The molecule has 0 unspecified atom stereocenters. The van der Waals surface area contributed by atoms with Crippen LogP contribution in [-0.4, -0.2) is 9.38 Å². The molecule has 0 amide bonds. The van der Waals surface area contributed by atoms with Crippen LogP contribution in [0.3, 0.4) is 0 Å². The smallest absolute Gasteiger partial charge is 0.260 e. The highest BCUT2D eigenvalue weighted by Crippen LogP contribution is 2.18. The molecule has 0 N–H and O–H groups in total. The van der Waals surface area contributed by atoms with Gasteiger partial charge in [-0.2, -0.15) is 0 Å². The summed E-state index contributed by atoms with van der Waals surface area (Å²) in [4.78, 5) is 15.9. The van der Waals surface area contributed by atoms with Crippen LogP contribution in [-0.2, 0) is 0 Å². The third-order valence-electron chi connectivity index (χ3n) is 1.33. The van der Waals surface area contributed by atoms with E-state index in [1.165, 1.54) is 21.8 Å². The van der Waals surface area contributed by atoms with Crippen molar-refractivity contribution in [2.45, 2.75) is 0 Å². The molecule has 2 heterocycles. The van der Waals surface area contributed by atoms with Crippen molar-refractivity contribution in [3.05, 3.63) is 31.6 Å². The molecule has 0 radical (unpaired) electrons. The van der Waals surface area contributed by atoms with Gasteiger partial charge in [0.1, 0.15) is 9.76 Å². The van der Waals surface area contributed by atoms with Gasteiger partial charge in [0.2, 0.25) is 0 Å². The molecule has 0 saturated heterocycles. The van der Waals surface area contributed by atoms with Crippen LogP contribution in [0.1, 0.15) is 0 Å². The summed E-state index contributed by atoms with van der Waals surface area (Å²) in [6.07, 6.45) is 0. The lowest BCUT2D eigenvalue weighted by atomic mass is 10.6. The number of nitrogens with zero attached hydrogens (tertiary/aromatic N) is 2. The molecule has 0 aliphatic rings. The summed E-state index contributed by atoms with van der Waals surface area (Å²) in [5, 5.41) is 2.02. The molecule has 0 aromatic carbocycles. The highest BCUT2D eigenvalue weighted by molar-refractivity contribution is 9.10. The van der Waals surface area contributed by atoms with E-state index in [0.29, 0.717) is 9.56 Å². The summed E-state index contributed by atoms with van der Waals surface area (Å²) in [6.45, 7) is 0. The standard InChI is InChI=1S/C6H2BrClN2OS/c7-3-2-12-6-9-4(8)1-5(11)10(3)6/h1-2H. The van der Waals surface area contributed by atoms with Crippen LogP contribution in [0.5, 0.6) is 0 Å². The van der Waals surface area contributed by atoms with Crippen LogP contribution in [0, 0.1) is 0 Å². The van der Waals surface area contributed by atoms with Crippen LogP contribution in [0.2, 0.25) is 5.15 Å². The van der Waals surface area contributed by atoms with Crippen molar-refractivity contribution < 1.29 is 0 Å². The Kier molecular flexibility index (Phi) is 1.94. The molecular formula is C6H2BrClN2OS. The van der Waals surface area contributed by atoms with Crippen molar-refractivity contribution in [3.8, 4) is 0 Å². The maximum absolute atomic E-state index is 11.3. The highest BCUT2D eigenvalue weighted by atomic mass is 79.9. The lowest BCUT2D eigenvalue weighted by Gasteiger charge is -1.92. The second kappa shape index (κ2) is 2.83. The molecule has 0 bridgehead atoms. The van der Waals surface area contributed by atoms with E-state index in [0.717, 1.165) is 0 Å². The fourth-order valence-electron chi connectivity index (χ4n) is 0.864. The summed E-state index contributed by atoms with van der Waals surface area (Å²) >= 11 is 10.2. The van der Waals surface area contributed by atoms with Gasteiger partial charge < -0.3 is 0 Å². The molecule has 0 fully saturated rings. The Morgan fingerprint density at radius 3 is 3.17 bits per heavy atom. The minimum absolute atomic E-state index is 0.168. The average Bonchev–Trinajstić information content (AvgIpc) is 2.31. The van der Waals surface area contributed by atoms with Crippen molar-refractivity contribution in [2.75, 3.05) is 0 Å². The Balaban J connectivity index is 3.03. The van der Waals surface area contributed by atoms with Crippen LogP contribution < -0.4 is 5.56 Å². The van der Waals surface area contributed by atoms with Gasteiger partial charge in [-0.1, -0.05) is 11.6 Å². The van der Waals surface area contributed by atoms with E-state index in [9.17, 15) is 4.79 Å². The Morgan fingerprint density at radius 1 is 1.67 bits per heavy atom. The second-order valence-electron chi connectivity index (χ2n) is 2.09. The molecule has 3 nitrogen and oxygen atoms in total. The number of hydrogen-bond acceptors (Lipinski definition) is 3. The van der Waals surface area contributed by atoms with E-state index >= 15 is 0 Å². The molecule has 6 heteroatoms. The fourth-order valence-corrected chi connectivity index (χ4v) is 2.58. The third-order valence-corrected chi connectivity index (χ3v) is 3.24. The molecule has 2 aromatic rings. The third kappa shape index (κ3) is 1.18. The van der Waals surface area contributed by atoms with Gasteiger partial charge >= 0.3 is 0 Å². The summed E-state index contributed by atoms with van der Waals surface area (Å²) in [7, 11) is 0. The molecule has 0 atom stereocenters. The van der Waals surface area contributed by atoms with Crippen molar-refractivity contribution >= 4 is 43.8 Å². The first kappa shape index (κ1) is 8.22. The van der Waals surface area contributed by atoms with E-state index in [4.69, 9.17) is 11.6 Å². The number of rotatable bonds is 0. The van der Waals surface area contributed by atoms with Crippen molar-refractivity contribution in [1.82, 2.24) is 9.38 Å². The van der Waals surface area contributed by atoms with Gasteiger partial charge in [-0.3, -0.25) is 4.79 Å². The molecule has 2 rings (SSSR count). The monoisotopic (exact) mass is 264 g/mol. The van der Waals surface area contributed by atoms with Gasteiger partial charge in [0, 0.05) is 11.4 Å². The zero-order valence-corrected chi connectivity index (χ0v) is 8.78. The normalized spacial score (nSPS) is 10.8. The largest absolute Gasteiger partial charge is 0.269 e. The van der Waals surface area contributed by atoms with Crippen molar-refractivity contribution in [1.29, 1.82) is 0 Å². The first-order valence-corrected chi connectivity index (χ1v) is 5.06. The van der Waals surface area contributed by atoms with Crippen molar-refractivity contribution in [3.63, 3.8) is 0 Å². The SMILES string of the molecule is O=c1cc(Cl)nc2scc(Br)n12. The van der Waals surface area contributed by atoms with Gasteiger partial charge in [-0.25, -0.2) is 9.38 Å². The average molecular weight is 266 g/mol. The van der Waals surface area contributed by atoms with E-state index in [-0.39, 0.29) is 10.7 Å². The predicted octanol–water partition coefficient (Wildman–Crippen LogP) is 2.17. The maximum Gasteiger partial charge on any atom is 0.260 e. The van der Waals surface area contributed by atoms with Crippen molar-refractivity contribution in [2.24, 2.45) is 0 Å². The molecule has 12 heavy (non-hydrogen) atoms. The molecular weight excluding hydrogens is 264 g/mol. The number of aromatic nitrogens is 2. The topological polar surface area (TPSA) is 34.4 Å². The number of hydrogen-bond donors (Lipinski definition) is 0. The first-order chi connectivity index (χ1) is 5.68. The minimum atomic E-state index is -0.168. The first-order valence-electron chi connectivity index (χ1n) is 3.01. The molecule has 2 aromatic heterocycles. The molecule has 0 aliphatic heterocycles. The molecule has 0 saturated carbocycles. The minimum Gasteiger partial charge on any atom is -0.269 e. The number of halogens is 2. The number of thiazole rings is 1. The molecule has 62 valence electrons. The quantitative estimate of drug-likeness (QED) is 0.684. The lowest BCUT2D eigenvalue weighted by molar-refractivity contribution is 1.05. The van der Waals surface area contributed by atoms with Crippen LogP contribution in [0.25, 0.3) is 4.96 Å². The zero-order chi connectivity index (χ0) is 8.72. The maximum atomic E-state index is 11.3. The van der Waals surface area contributed by atoms with Gasteiger partial charge in [0.05, 0.1) is 0 Å². The van der Waals surface area contributed by atoms with E-state index < -0.39 is 0 Å². The summed E-state index contributed by atoms with van der Waals surface area (Å²) in [6, 6.07) is 1.28. The van der Waals surface area contributed by atoms with Gasteiger partial charge in [-0.15, -0.1) is 11.3 Å². The Bertz CT molecular complexity index is 492. The van der Waals surface area contributed by atoms with E-state index in [1.807, 2.05) is 0 Å². The molecule has 0 aliphatic carbocycles. The van der Waals surface area contributed by atoms with Gasteiger partial charge in [-0.05, 0) is 15.9 Å². The fraction of sp³-hybridized carbons (Fsp3) is 0. The Labute approximate surface area is 84.8 Å². The lowest BCUT2D eigenvalue weighted by Crippen LogP contribution is -2.11. The predicted molar refractivity (Wildman–Crippen MR) is 52.0 cm³/mol. The van der Waals surface area contributed by atoms with Gasteiger partial charge in [0.15, 0.2) is 4.96 Å². The Morgan fingerprint density at radius 2 is 2.42 bits per heavy atom. The summed E-state index contributed by atoms with van der Waals surface area (Å²) in [5.74, 6) is 0. The summed E-state index contributed by atoms with van der Waals surface area (Å²) < 4.78 is 2.16. The van der Waals surface area contributed by atoms with Gasteiger partial charge in [0.25, 0.3) is 5.56 Å².